The molecule has 1 saturated heterocycles. The lowest BCUT2D eigenvalue weighted by molar-refractivity contribution is 0.0989. The van der Waals surface area contributed by atoms with Gasteiger partial charge in [-0.25, -0.2) is 4.98 Å². The Morgan fingerprint density at radius 1 is 1.59 bits per heavy atom. The standard InChI is InChI=1S/C12H18N2O2S/c1-8(2)11-10(6-15)17-12(13-11)14-4-5-16-7-9(14)3/h6,8-9H,4-5,7H2,1-3H3. The van der Waals surface area contributed by atoms with Crippen LogP contribution in [-0.2, 0) is 4.74 Å². The van der Waals surface area contributed by atoms with E-state index < -0.39 is 0 Å². The molecule has 0 saturated carbocycles. The zero-order chi connectivity index (χ0) is 12.4. The number of hydrogen-bond acceptors (Lipinski definition) is 5. The highest BCUT2D eigenvalue weighted by Gasteiger charge is 2.24. The predicted octanol–water partition coefficient (Wildman–Crippen LogP) is 2.30. The molecule has 0 bridgehead atoms. The number of nitrogens with zero attached hydrogens (tertiary/aromatic N) is 2. The van der Waals surface area contributed by atoms with Gasteiger partial charge in [0.25, 0.3) is 0 Å². The highest BCUT2D eigenvalue weighted by Crippen LogP contribution is 2.31. The molecule has 0 aromatic carbocycles. The lowest BCUT2D eigenvalue weighted by atomic mass is 10.1. The van der Waals surface area contributed by atoms with E-state index >= 15 is 0 Å². The molecule has 1 aromatic rings. The molecule has 0 spiro atoms. The molecule has 94 valence electrons. The number of morpholine rings is 1. The SMILES string of the molecule is CC(C)c1nc(N2CCOCC2C)sc1C=O. The second-order valence-corrected chi connectivity index (χ2v) is 5.64. The summed E-state index contributed by atoms with van der Waals surface area (Å²) in [5.74, 6) is 0.288. The molecule has 0 radical (unpaired) electrons. The Bertz CT molecular complexity index is 403. The topological polar surface area (TPSA) is 42.4 Å². The van der Waals surface area contributed by atoms with Crippen molar-refractivity contribution in [3.05, 3.63) is 10.6 Å². The van der Waals surface area contributed by atoms with Gasteiger partial charge in [0.05, 0.1) is 29.8 Å². The van der Waals surface area contributed by atoms with Crippen molar-refractivity contribution < 1.29 is 9.53 Å². The first kappa shape index (κ1) is 12.5. The van der Waals surface area contributed by atoms with Gasteiger partial charge in [0.1, 0.15) is 0 Å². The molecular formula is C12H18N2O2S. The average molecular weight is 254 g/mol. The first-order chi connectivity index (χ1) is 8.13. The summed E-state index contributed by atoms with van der Waals surface area (Å²) < 4.78 is 5.41. The molecular weight excluding hydrogens is 236 g/mol. The Hall–Kier alpha value is -0.940. The predicted molar refractivity (Wildman–Crippen MR) is 69.2 cm³/mol. The summed E-state index contributed by atoms with van der Waals surface area (Å²) in [7, 11) is 0. The smallest absolute Gasteiger partial charge is 0.186 e. The minimum absolute atomic E-state index is 0.288. The summed E-state index contributed by atoms with van der Waals surface area (Å²) in [4.78, 5) is 18.6. The van der Waals surface area contributed by atoms with E-state index in [9.17, 15) is 4.79 Å². The van der Waals surface area contributed by atoms with Gasteiger partial charge in [0, 0.05) is 6.54 Å². The summed E-state index contributed by atoms with van der Waals surface area (Å²) >= 11 is 1.49. The summed E-state index contributed by atoms with van der Waals surface area (Å²) in [6.45, 7) is 8.56. The molecule has 0 amide bonds. The molecule has 1 unspecified atom stereocenters. The van der Waals surface area contributed by atoms with E-state index in [4.69, 9.17) is 4.74 Å². The van der Waals surface area contributed by atoms with E-state index in [-0.39, 0.29) is 5.92 Å². The van der Waals surface area contributed by atoms with Crippen molar-refractivity contribution in [1.82, 2.24) is 4.98 Å². The van der Waals surface area contributed by atoms with E-state index in [1.807, 2.05) is 0 Å². The Kier molecular flexibility index (Phi) is 3.79. The molecule has 1 fully saturated rings. The Labute approximate surface area is 106 Å². The quantitative estimate of drug-likeness (QED) is 0.776. The summed E-state index contributed by atoms with van der Waals surface area (Å²) in [6, 6.07) is 0.328. The molecule has 2 heterocycles. The zero-order valence-corrected chi connectivity index (χ0v) is 11.3. The fourth-order valence-electron chi connectivity index (χ4n) is 1.96. The first-order valence-electron chi connectivity index (χ1n) is 5.93. The number of carbonyl (C=O) groups excluding carboxylic acids is 1. The van der Waals surface area contributed by atoms with E-state index in [1.165, 1.54) is 11.3 Å². The van der Waals surface area contributed by atoms with Crippen LogP contribution in [0.4, 0.5) is 5.13 Å². The van der Waals surface area contributed by atoms with Crippen molar-refractivity contribution in [3.8, 4) is 0 Å². The first-order valence-corrected chi connectivity index (χ1v) is 6.75. The molecule has 1 aliphatic rings. The second kappa shape index (κ2) is 5.14. The Morgan fingerprint density at radius 3 is 2.88 bits per heavy atom. The number of aldehydes is 1. The average Bonchev–Trinajstić information content (AvgIpc) is 2.73. The van der Waals surface area contributed by atoms with Crippen molar-refractivity contribution in [2.45, 2.75) is 32.7 Å². The lowest BCUT2D eigenvalue weighted by Gasteiger charge is -2.32. The number of anilines is 1. The van der Waals surface area contributed by atoms with E-state index in [2.05, 4.69) is 30.7 Å². The van der Waals surface area contributed by atoms with Gasteiger partial charge in [-0.1, -0.05) is 25.2 Å². The molecule has 2 rings (SSSR count). The van der Waals surface area contributed by atoms with Crippen molar-refractivity contribution >= 4 is 22.8 Å². The third-order valence-corrected chi connectivity index (χ3v) is 3.97. The van der Waals surface area contributed by atoms with Gasteiger partial charge in [0.2, 0.25) is 0 Å². The van der Waals surface area contributed by atoms with E-state index in [0.29, 0.717) is 6.04 Å². The van der Waals surface area contributed by atoms with Gasteiger partial charge in [-0.2, -0.15) is 0 Å². The van der Waals surface area contributed by atoms with Crippen LogP contribution < -0.4 is 4.90 Å². The minimum atomic E-state index is 0.288. The molecule has 1 aliphatic heterocycles. The molecule has 5 heteroatoms. The second-order valence-electron chi connectivity index (χ2n) is 4.64. The summed E-state index contributed by atoms with van der Waals surface area (Å²) in [6.07, 6.45) is 0.918. The number of thiazole rings is 1. The number of ether oxygens (including phenoxy) is 1. The third kappa shape index (κ3) is 2.50. The maximum Gasteiger partial charge on any atom is 0.186 e. The van der Waals surface area contributed by atoms with Crippen LogP contribution in [0.15, 0.2) is 0 Å². The maximum absolute atomic E-state index is 11.0. The van der Waals surface area contributed by atoms with Crippen molar-refractivity contribution in [3.63, 3.8) is 0 Å². The van der Waals surface area contributed by atoms with Gasteiger partial charge < -0.3 is 9.64 Å². The van der Waals surface area contributed by atoms with Crippen LogP contribution in [0.1, 0.15) is 42.1 Å². The van der Waals surface area contributed by atoms with Crippen LogP contribution in [0.25, 0.3) is 0 Å². The van der Waals surface area contributed by atoms with Crippen molar-refractivity contribution in [2.24, 2.45) is 0 Å². The third-order valence-electron chi connectivity index (χ3n) is 2.94. The normalized spacial score (nSPS) is 20.9. The fraction of sp³-hybridized carbons (Fsp3) is 0.667. The van der Waals surface area contributed by atoms with Crippen LogP contribution in [0.2, 0.25) is 0 Å². The van der Waals surface area contributed by atoms with E-state index in [0.717, 1.165) is 41.7 Å². The molecule has 1 aromatic heterocycles. The summed E-state index contributed by atoms with van der Waals surface area (Å²) in [5.41, 5.74) is 0.915. The highest BCUT2D eigenvalue weighted by molar-refractivity contribution is 7.17. The van der Waals surface area contributed by atoms with E-state index in [1.54, 1.807) is 0 Å². The number of hydrogen-bond donors (Lipinski definition) is 0. The van der Waals surface area contributed by atoms with Crippen LogP contribution in [0.5, 0.6) is 0 Å². The van der Waals surface area contributed by atoms with Gasteiger partial charge in [-0.3, -0.25) is 4.79 Å². The molecule has 0 aliphatic carbocycles. The maximum atomic E-state index is 11.0. The van der Waals surface area contributed by atoms with Crippen LogP contribution in [0, 0.1) is 0 Å². The molecule has 1 atom stereocenters. The van der Waals surface area contributed by atoms with Crippen molar-refractivity contribution in [2.75, 3.05) is 24.7 Å². The lowest BCUT2D eigenvalue weighted by Crippen LogP contribution is -2.43. The minimum Gasteiger partial charge on any atom is -0.377 e. The highest BCUT2D eigenvalue weighted by atomic mass is 32.1. The van der Waals surface area contributed by atoms with Crippen molar-refractivity contribution in [1.29, 1.82) is 0 Å². The number of aromatic nitrogens is 1. The Morgan fingerprint density at radius 2 is 2.35 bits per heavy atom. The molecule has 17 heavy (non-hydrogen) atoms. The number of carbonyl (C=O) groups is 1. The Balaban J connectivity index is 2.29. The monoisotopic (exact) mass is 254 g/mol. The zero-order valence-electron chi connectivity index (χ0n) is 10.5. The van der Waals surface area contributed by atoms with Gasteiger partial charge in [-0.15, -0.1) is 0 Å². The largest absolute Gasteiger partial charge is 0.377 e. The number of rotatable bonds is 3. The van der Waals surface area contributed by atoms with Gasteiger partial charge in [0.15, 0.2) is 11.4 Å². The molecule has 4 nitrogen and oxygen atoms in total. The van der Waals surface area contributed by atoms with Crippen LogP contribution >= 0.6 is 11.3 Å². The van der Waals surface area contributed by atoms with Gasteiger partial charge in [-0.05, 0) is 12.8 Å². The van der Waals surface area contributed by atoms with Crippen LogP contribution in [0.3, 0.4) is 0 Å². The van der Waals surface area contributed by atoms with Crippen LogP contribution in [-0.4, -0.2) is 37.1 Å². The van der Waals surface area contributed by atoms with Gasteiger partial charge >= 0.3 is 0 Å². The summed E-state index contributed by atoms with van der Waals surface area (Å²) in [5, 5.41) is 0.951. The fourth-order valence-corrected chi connectivity index (χ4v) is 3.13. The molecule has 0 N–H and O–H groups in total.